The number of aromatic nitrogens is 2. The monoisotopic (exact) mass is 288 g/mol. The second-order valence-electron chi connectivity index (χ2n) is 5.10. The number of rotatable bonds is 8. The summed E-state index contributed by atoms with van der Waals surface area (Å²) in [5, 5.41) is 6.63. The highest BCUT2D eigenvalue weighted by atomic mass is 16.3. The Bertz CT molecular complexity index is 565. The lowest BCUT2D eigenvalue weighted by Crippen LogP contribution is -2.08. The van der Waals surface area contributed by atoms with Crippen molar-refractivity contribution in [2.24, 2.45) is 0 Å². The molecule has 0 aliphatic rings. The van der Waals surface area contributed by atoms with Crippen LogP contribution in [0.3, 0.4) is 0 Å². The molecular formula is C16H24N4O. The Balaban J connectivity index is 2.07. The predicted molar refractivity (Wildman–Crippen MR) is 85.6 cm³/mol. The molecule has 0 saturated carbocycles. The van der Waals surface area contributed by atoms with Crippen LogP contribution < -0.4 is 10.6 Å². The molecule has 114 valence electrons. The third kappa shape index (κ3) is 4.77. The maximum absolute atomic E-state index is 5.56. The molecular weight excluding hydrogens is 264 g/mol. The number of furan rings is 1. The van der Waals surface area contributed by atoms with Gasteiger partial charge in [-0.05, 0) is 31.9 Å². The van der Waals surface area contributed by atoms with E-state index in [9.17, 15) is 0 Å². The molecule has 0 aliphatic carbocycles. The van der Waals surface area contributed by atoms with E-state index in [1.54, 1.807) is 0 Å². The van der Waals surface area contributed by atoms with Gasteiger partial charge in [-0.15, -0.1) is 0 Å². The first-order valence-corrected chi connectivity index (χ1v) is 7.62. The molecule has 2 aromatic heterocycles. The third-order valence-electron chi connectivity index (χ3n) is 3.04. The highest BCUT2D eigenvalue weighted by Gasteiger charge is 2.05. The van der Waals surface area contributed by atoms with Crippen molar-refractivity contribution in [3.05, 3.63) is 35.5 Å². The van der Waals surface area contributed by atoms with Crippen molar-refractivity contribution in [3.8, 4) is 0 Å². The number of hydrogen-bond acceptors (Lipinski definition) is 5. The second-order valence-corrected chi connectivity index (χ2v) is 5.10. The molecule has 5 heteroatoms. The molecule has 0 radical (unpaired) electrons. The Labute approximate surface area is 126 Å². The van der Waals surface area contributed by atoms with Gasteiger partial charge < -0.3 is 15.1 Å². The smallest absolute Gasteiger partial charge is 0.133 e. The molecule has 0 spiro atoms. The van der Waals surface area contributed by atoms with Crippen molar-refractivity contribution in [1.29, 1.82) is 0 Å². The fourth-order valence-electron chi connectivity index (χ4n) is 2.02. The van der Waals surface area contributed by atoms with E-state index in [0.717, 1.165) is 54.8 Å². The van der Waals surface area contributed by atoms with Crippen LogP contribution in [-0.2, 0) is 13.0 Å². The second kappa shape index (κ2) is 7.67. The maximum atomic E-state index is 5.56. The number of hydrogen-bond donors (Lipinski definition) is 2. The molecule has 0 bridgehead atoms. The van der Waals surface area contributed by atoms with Crippen LogP contribution in [0, 0.1) is 6.92 Å². The van der Waals surface area contributed by atoms with Crippen LogP contribution in [0.1, 0.15) is 44.0 Å². The van der Waals surface area contributed by atoms with Crippen LogP contribution in [0.5, 0.6) is 0 Å². The molecule has 2 aromatic rings. The molecule has 21 heavy (non-hydrogen) atoms. The van der Waals surface area contributed by atoms with E-state index in [2.05, 4.69) is 34.4 Å². The molecule has 0 aliphatic heterocycles. The summed E-state index contributed by atoms with van der Waals surface area (Å²) in [4.78, 5) is 9.08. The number of aryl methyl sites for hydroxylation is 2. The molecule has 0 aromatic carbocycles. The average molecular weight is 288 g/mol. The summed E-state index contributed by atoms with van der Waals surface area (Å²) in [7, 11) is 0. The summed E-state index contributed by atoms with van der Waals surface area (Å²) in [6.07, 6.45) is 2.99. The zero-order valence-corrected chi connectivity index (χ0v) is 13.1. The van der Waals surface area contributed by atoms with E-state index in [-0.39, 0.29) is 0 Å². The van der Waals surface area contributed by atoms with Crippen molar-refractivity contribution < 1.29 is 4.42 Å². The van der Waals surface area contributed by atoms with Gasteiger partial charge >= 0.3 is 0 Å². The predicted octanol–water partition coefficient (Wildman–Crippen LogP) is 3.76. The van der Waals surface area contributed by atoms with E-state index in [1.165, 1.54) is 0 Å². The first kappa shape index (κ1) is 15.4. The van der Waals surface area contributed by atoms with Crippen molar-refractivity contribution >= 4 is 11.6 Å². The fraction of sp³-hybridized carbons (Fsp3) is 0.500. The molecule has 2 rings (SSSR count). The summed E-state index contributed by atoms with van der Waals surface area (Å²) < 4.78 is 5.56. The van der Waals surface area contributed by atoms with Crippen LogP contribution in [-0.4, -0.2) is 16.5 Å². The van der Waals surface area contributed by atoms with Crippen LogP contribution in [0.15, 0.2) is 22.6 Å². The van der Waals surface area contributed by atoms with E-state index in [0.29, 0.717) is 6.54 Å². The normalized spacial score (nSPS) is 10.6. The van der Waals surface area contributed by atoms with Gasteiger partial charge in [0.05, 0.1) is 6.54 Å². The van der Waals surface area contributed by atoms with Crippen molar-refractivity contribution in [3.63, 3.8) is 0 Å². The summed E-state index contributed by atoms with van der Waals surface area (Å²) in [5.74, 6) is 4.42. The summed E-state index contributed by atoms with van der Waals surface area (Å²) in [5.41, 5.74) is 0. The van der Waals surface area contributed by atoms with E-state index >= 15 is 0 Å². The largest absolute Gasteiger partial charge is 0.465 e. The fourth-order valence-corrected chi connectivity index (χ4v) is 2.02. The van der Waals surface area contributed by atoms with Crippen LogP contribution in [0.4, 0.5) is 11.6 Å². The lowest BCUT2D eigenvalue weighted by atomic mass is 10.3. The standard InChI is InChI=1S/C16H24N4O/c1-4-6-14-19-15(17-9-5-2)10-16(20-14)18-11-13-8-7-12(3)21-13/h7-8,10H,4-6,9,11H2,1-3H3,(H2,17,18,19,20). The summed E-state index contributed by atoms with van der Waals surface area (Å²) in [6.45, 7) is 7.76. The lowest BCUT2D eigenvalue weighted by molar-refractivity contribution is 0.490. The van der Waals surface area contributed by atoms with Crippen molar-refractivity contribution in [2.45, 2.75) is 46.6 Å². The zero-order valence-electron chi connectivity index (χ0n) is 13.1. The van der Waals surface area contributed by atoms with Gasteiger partial charge in [-0.1, -0.05) is 13.8 Å². The summed E-state index contributed by atoms with van der Waals surface area (Å²) >= 11 is 0. The van der Waals surface area contributed by atoms with Gasteiger partial charge in [-0.2, -0.15) is 0 Å². The van der Waals surface area contributed by atoms with Crippen LogP contribution in [0.25, 0.3) is 0 Å². The van der Waals surface area contributed by atoms with Gasteiger partial charge in [0, 0.05) is 19.0 Å². The highest BCUT2D eigenvalue weighted by molar-refractivity contribution is 5.47. The number of anilines is 2. The minimum atomic E-state index is 0.629. The van der Waals surface area contributed by atoms with Crippen molar-refractivity contribution in [2.75, 3.05) is 17.2 Å². The number of nitrogens with zero attached hydrogens (tertiary/aromatic N) is 2. The Hall–Kier alpha value is -2.04. The van der Waals surface area contributed by atoms with E-state index < -0.39 is 0 Å². The van der Waals surface area contributed by atoms with Gasteiger partial charge in [0.1, 0.15) is 29.0 Å². The van der Waals surface area contributed by atoms with E-state index in [4.69, 9.17) is 4.42 Å². The van der Waals surface area contributed by atoms with Crippen molar-refractivity contribution in [1.82, 2.24) is 9.97 Å². The molecule has 5 nitrogen and oxygen atoms in total. The molecule has 0 atom stereocenters. The Morgan fingerprint density at radius 3 is 2.43 bits per heavy atom. The molecule has 2 N–H and O–H groups in total. The quantitative estimate of drug-likeness (QED) is 0.774. The SMILES string of the molecule is CCCNc1cc(NCc2ccc(C)o2)nc(CCC)n1. The minimum absolute atomic E-state index is 0.629. The lowest BCUT2D eigenvalue weighted by Gasteiger charge is -2.10. The minimum Gasteiger partial charge on any atom is -0.465 e. The highest BCUT2D eigenvalue weighted by Crippen LogP contribution is 2.14. The maximum Gasteiger partial charge on any atom is 0.133 e. The molecule has 0 fully saturated rings. The topological polar surface area (TPSA) is 63.0 Å². The van der Waals surface area contributed by atoms with Gasteiger partial charge in [-0.3, -0.25) is 0 Å². The molecule has 0 unspecified atom stereocenters. The van der Waals surface area contributed by atoms with Gasteiger partial charge in [0.15, 0.2) is 0 Å². The molecule has 2 heterocycles. The molecule has 0 amide bonds. The Morgan fingerprint density at radius 2 is 1.81 bits per heavy atom. The average Bonchev–Trinajstić information content (AvgIpc) is 2.89. The van der Waals surface area contributed by atoms with Gasteiger partial charge in [0.2, 0.25) is 0 Å². The Kier molecular flexibility index (Phi) is 5.60. The van der Waals surface area contributed by atoms with Crippen LogP contribution in [0.2, 0.25) is 0 Å². The van der Waals surface area contributed by atoms with Gasteiger partial charge in [0.25, 0.3) is 0 Å². The zero-order chi connectivity index (χ0) is 15.1. The number of nitrogens with one attached hydrogen (secondary N) is 2. The first-order valence-electron chi connectivity index (χ1n) is 7.62. The summed E-state index contributed by atoms with van der Waals surface area (Å²) in [6, 6.07) is 5.89. The first-order chi connectivity index (χ1) is 10.2. The van der Waals surface area contributed by atoms with Gasteiger partial charge in [-0.25, -0.2) is 9.97 Å². The van der Waals surface area contributed by atoms with E-state index in [1.807, 2.05) is 25.1 Å². The Morgan fingerprint density at radius 1 is 1.05 bits per heavy atom. The molecule has 0 saturated heterocycles. The van der Waals surface area contributed by atoms with Crippen LogP contribution >= 0.6 is 0 Å². The third-order valence-corrected chi connectivity index (χ3v) is 3.04.